The van der Waals surface area contributed by atoms with Crippen LogP contribution in [0.4, 0.5) is 5.69 Å². The molecule has 5 heteroatoms. The predicted molar refractivity (Wildman–Crippen MR) is 107 cm³/mol. The van der Waals surface area contributed by atoms with Gasteiger partial charge < -0.3 is 20.3 Å². The number of nitrogens with zero attached hydrogens (tertiary/aromatic N) is 2. The third-order valence-electron chi connectivity index (χ3n) is 4.60. The van der Waals surface area contributed by atoms with Crippen LogP contribution in [0.25, 0.3) is 0 Å². The van der Waals surface area contributed by atoms with E-state index in [-0.39, 0.29) is 5.60 Å². The van der Waals surface area contributed by atoms with Gasteiger partial charge in [-0.1, -0.05) is 12.1 Å². The first-order valence-electron chi connectivity index (χ1n) is 9.45. The van der Waals surface area contributed by atoms with Crippen LogP contribution in [0.2, 0.25) is 0 Å². The minimum absolute atomic E-state index is 0.0868. The van der Waals surface area contributed by atoms with E-state index in [9.17, 15) is 0 Å². The molecule has 0 radical (unpaired) electrons. The normalized spacial score (nSPS) is 20.6. The zero-order chi connectivity index (χ0) is 18.1. The van der Waals surface area contributed by atoms with E-state index in [1.54, 1.807) is 0 Å². The van der Waals surface area contributed by atoms with Crippen molar-refractivity contribution in [1.82, 2.24) is 10.6 Å². The molecule has 1 saturated heterocycles. The lowest BCUT2D eigenvalue weighted by Gasteiger charge is -2.21. The molecule has 2 rings (SSSR count). The molecule has 1 unspecified atom stereocenters. The summed E-state index contributed by atoms with van der Waals surface area (Å²) in [6.07, 6.45) is 4.39. The van der Waals surface area contributed by atoms with Gasteiger partial charge in [-0.2, -0.15) is 0 Å². The van der Waals surface area contributed by atoms with E-state index < -0.39 is 0 Å². The van der Waals surface area contributed by atoms with Crippen LogP contribution in [0.3, 0.4) is 0 Å². The van der Waals surface area contributed by atoms with E-state index in [1.807, 2.05) is 0 Å². The fraction of sp³-hybridized carbons (Fsp3) is 0.650. The maximum absolute atomic E-state index is 5.81. The lowest BCUT2D eigenvalue weighted by Crippen LogP contribution is -2.39. The number of guanidine groups is 1. The third-order valence-corrected chi connectivity index (χ3v) is 4.60. The van der Waals surface area contributed by atoms with Crippen molar-refractivity contribution in [2.75, 3.05) is 45.2 Å². The maximum atomic E-state index is 5.81. The average molecular weight is 347 g/mol. The molecule has 0 aliphatic carbocycles. The highest BCUT2D eigenvalue weighted by molar-refractivity contribution is 5.79. The number of aryl methyl sites for hydroxylation is 1. The molecule has 1 aliphatic heterocycles. The van der Waals surface area contributed by atoms with Gasteiger partial charge in [-0.25, -0.2) is 0 Å². The lowest BCUT2D eigenvalue weighted by molar-refractivity contribution is 0.0283. The maximum Gasteiger partial charge on any atom is 0.191 e. The van der Waals surface area contributed by atoms with Crippen LogP contribution in [-0.2, 0) is 11.2 Å². The summed E-state index contributed by atoms with van der Waals surface area (Å²) in [4.78, 5) is 6.83. The van der Waals surface area contributed by atoms with Crippen molar-refractivity contribution in [1.29, 1.82) is 0 Å². The highest BCUT2D eigenvalue weighted by atomic mass is 16.5. The molecule has 1 fully saturated rings. The molecule has 1 aromatic rings. The highest BCUT2D eigenvalue weighted by Gasteiger charge is 2.29. The molecule has 0 spiro atoms. The molecule has 1 heterocycles. The van der Waals surface area contributed by atoms with Crippen LogP contribution in [-0.4, -0.2) is 51.9 Å². The van der Waals surface area contributed by atoms with Crippen molar-refractivity contribution in [2.24, 2.45) is 4.99 Å². The van der Waals surface area contributed by atoms with Crippen LogP contribution in [0.5, 0.6) is 0 Å². The zero-order valence-corrected chi connectivity index (χ0v) is 16.3. The Kier molecular flexibility index (Phi) is 7.56. The number of aliphatic imine (C=N–C) groups is 1. The van der Waals surface area contributed by atoms with Crippen LogP contribution in [0.15, 0.2) is 29.3 Å². The molecular weight excluding hydrogens is 312 g/mol. The SMILES string of the molecule is CCNC(=NCC1(C)CCCO1)NCCCc1ccc(N(C)C)cc1. The summed E-state index contributed by atoms with van der Waals surface area (Å²) in [7, 11) is 4.13. The summed E-state index contributed by atoms with van der Waals surface area (Å²) in [6.45, 7) is 7.62. The minimum Gasteiger partial charge on any atom is -0.378 e. The van der Waals surface area contributed by atoms with Crippen molar-refractivity contribution >= 4 is 11.6 Å². The van der Waals surface area contributed by atoms with Gasteiger partial charge in [-0.05, 0) is 57.2 Å². The van der Waals surface area contributed by atoms with Crippen LogP contribution >= 0.6 is 0 Å². The van der Waals surface area contributed by atoms with Gasteiger partial charge in [0.1, 0.15) is 0 Å². The summed E-state index contributed by atoms with van der Waals surface area (Å²) < 4.78 is 5.81. The third kappa shape index (κ3) is 6.58. The zero-order valence-electron chi connectivity index (χ0n) is 16.3. The summed E-state index contributed by atoms with van der Waals surface area (Å²) in [6, 6.07) is 8.78. The largest absolute Gasteiger partial charge is 0.378 e. The monoisotopic (exact) mass is 346 g/mol. The first kappa shape index (κ1) is 19.6. The Labute approximate surface area is 152 Å². The average Bonchev–Trinajstić information content (AvgIpc) is 3.04. The standard InChI is InChI=1S/C20H34N4O/c1-5-21-19(23-16-20(2)13-7-15-25-20)22-14-6-8-17-9-11-18(12-10-17)24(3)4/h9-12H,5-8,13-16H2,1-4H3,(H2,21,22,23). The Bertz CT molecular complexity index is 533. The highest BCUT2D eigenvalue weighted by Crippen LogP contribution is 2.24. The first-order chi connectivity index (χ1) is 12.0. The Morgan fingerprint density at radius 1 is 1.24 bits per heavy atom. The molecule has 1 atom stereocenters. The Balaban J connectivity index is 1.75. The summed E-state index contributed by atoms with van der Waals surface area (Å²) in [5.74, 6) is 0.891. The fourth-order valence-electron chi connectivity index (χ4n) is 3.01. The van der Waals surface area contributed by atoms with E-state index >= 15 is 0 Å². The summed E-state index contributed by atoms with van der Waals surface area (Å²) in [5, 5.41) is 6.76. The number of nitrogens with one attached hydrogen (secondary N) is 2. The van der Waals surface area contributed by atoms with E-state index in [0.717, 1.165) is 51.3 Å². The predicted octanol–water partition coefficient (Wildman–Crippen LogP) is 2.81. The van der Waals surface area contributed by atoms with Gasteiger partial charge >= 0.3 is 0 Å². The van der Waals surface area contributed by atoms with Gasteiger partial charge in [-0.3, -0.25) is 4.99 Å². The van der Waals surface area contributed by atoms with Gasteiger partial charge in [0.15, 0.2) is 5.96 Å². The van der Waals surface area contributed by atoms with Crippen LogP contribution in [0.1, 0.15) is 38.7 Å². The molecule has 2 N–H and O–H groups in total. The number of hydrogen-bond donors (Lipinski definition) is 2. The summed E-state index contributed by atoms with van der Waals surface area (Å²) in [5.41, 5.74) is 2.53. The molecule has 5 nitrogen and oxygen atoms in total. The smallest absolute Gasteiger partial charge is 0.191 e. The second kappa shape index (κ2) is 9.66. The molecule has 25 heavy (non-hydrogen) atoms. The van der Waals surface area contributed by atoms with E-state index in [2.05, 4.69) is 67.7 Å². The lowest BCUT2D eigenvalue weighted by atomic mass is 10.0. The quantitative estimate of drug-likeness (QED) is 0.432. The Morgan fingerprint density at radius 3 is 2.60 bits per heavy atom. The number of benzene rings is 1. The number of rotatable bonds is 8. The second-order valence-corrected chi connectivity index (χ2v) is 7.19. The molecule has 0 aromatic heterocycles. The number of hydrogen-bond acceptors (Lipinski definition) is 3. The second-order valence-electron chi connectivity index (χ2n) is 7.19. The van der Waals surface area contributed by atoms with Gasteiger partial charge in [0, 0.05) is 39.5 Å². The molecule has 140 valence electrons. The molecule has 0 amide bonds. The van der Waals surface area contributed by atoms with Crippen molar-refractivity contribution in [3.63, 3.8) is 0 Å². The molecule has 1 aliphatic rings. The van der Waals surface area contributed by atoms with Crippen molar-refractivity contribution in [3.05, 3.63) is 29.8 Å². The Morgan fingerprint density at radius 2 is 2.00 bits per heavy atom. The van der Waals surface area contributed by atoms with E-state index in [4.69, 9.17) is 9.73 Å². The number of anilines is 1. The van der Waals surface area contributed by atoms with E-state index in [0.29, 0.717) is 6.54 Å². The van der Waals surface area contributed by atoms with Crippen molar-refractivity contribution in [2.45, 2.75) is 45.1 Å². The molecule has 0 bridgehead atoms. The van der Waals surface area contributed by atoms with Crippen molar-refractivity contribution < 1.29 is 4.74 Å². The molecule has 1 aromatic carbocycles. The summed E-state index contributed by atoms with van der Waals surface area (Å²) >= 11 is 0. The molecule has 0 saturated carbocycles. The van der Waals surface area contributed by atoms with Crippen LogP contribution < -0.4 is 15.5 Å². The topological polar surface area (TPSA) is 48.9 Å². The fourth-order valence-corrected chi connectivity index (χ4v) is 3.01. The molecular formula is C20H34N4O. The Hall–Kier alpha value is -1.75. The number of ether oxygens (including phenoxy) is 1. The van der Waals surface area contributed by atoms with Gasteiger partial charge in [0.2, 0.25) is 0 Å². The van der Waals surface area contributed by atoms with Gasteiger partial charge in [0.25, 0.3) is 0 Å². The van der Waals surface area contributed by atoms with E-state index in [1.165, 1.54) is 11.3 Å². The van der Waals surface area contributed by atoms with Gasteiger partial charge in [-0.15, -0.1) is 0 Å². The van der Waals surface area contributed by atoms with Gasteiger partial charge in [0.05, 0.1) is 12.1 Å². The first-order valence-corrected chi connectivity index (χ1v) is 9.45. The van der Waals surface area contributed by atoms with Crippen molar-refractivity contribution in [3.8, 4) is 0 Å². The van der Waals surface area contributed by atoms with Crippen LogP contribution in [0, 0.1) is 0 Å². The minimum atomic E-state index is -0.0868.